The number of carboxylic acid groups (broad SMARTS) is 1. The molecule has 3 aliphatic carbocycles. The first-order valence-corrected chi connectivity index (χ1v) is 13.5. The maximum Gasteiger partial charge on any atom is 0.303 e. The maximum absolute atomic E-state index is 14.0. The van der Waals surface area contributed by atoms with Crippen molar-refractivity contribution in [2.45, 2.75) is 81.8 Å². The lowest BCUT2D eigenvalue weighted by molar-refractivity contribution is -0.145. The number of para-hydroxylation sites is 1. The van der Waals surface area contributed by atoms with Gasteiger partial charge in [-0.2, -0.15) is 0 Å². The smallest absolute Gasteiger partial charge is 0.303 e. The van der Waals surface area contributed by atoms with Gasteiger partial charge in [0.1, 0.15) is 0 Å². The summed E-state index contributed by atoms with van der Waals surface area (Å²) in [6.07, 6.45) is 6.80. The fraction of sp³-hybridized carbons (Fsp3) is 0.500. The third-order valence-electron chi connectivity index (χ3n) is 8.96. The molecule has 4 aliphatic rings. The van der Waals surface area contributed by atoms with Crippen molar-refractivity contribution in [3.63, 3.8) is 0 Å². The highest BCUT2D eigenvalue weighted by Crippen LogP contribution is 2.55. The second-order valence-electron chi connectivity index (χ2n) is 11.0. The fourth-order valence-electron chi connectivity index (χ4n) is 6.97. The first-order valence-electron chi connectivity index (χ1n) is 13.5. The van der Waals surface area contributed by atoms with E-state index in [-0.39, 0.29) is 60.5 Å². The number of anilines is 1. The van der Waals surface area contributed by atoms with Gasteiger partial charge in [0.25, 0.3) is 0 Å². The largest absolute Gasteiger partial charge is 0.481 e. The van der Waals surface area contributed by atoms with E-state index in [0.717, 1.165) is 56.2 Å². The van der Waals surface area contributed by atoms with Gasteiger partial charge in [0, 0.05) is 36.0 Å². The zero-order chi connectivity index (χ0) is 24.8. The number of amides is 2. The number of fused-ring (bicyclic) bond motifs is 2. The van der Waals surface area contributed by atoms with Gasteiger partial charge in [0.2, 0.25) is 11.8 Å². The first-order chi connectivity index (χ1) is 17.5. The molecule has 0 spiro atoms. The fourth-order valence-corrected chi connectivity index (χ4v) is 6.97. The van der Waals surface area contributed by atoms with Crippen LogP contribution >= 0.6 is 0 Å². The van der Waals surface area contributed by atoms with Crippen LogP contribution < -0.4 is 4.90 Å². The number of carboxylic acids is 1. The Balaban J connectivity index is 1.34. The summed E-state index contributed by atoms with van der Waals surface area (Å²) in [7, 11) is 0. The molecule has 3 saturated carbocycles. The molecule has 2 unspecified atom stereocenters. The van der Waals surface area contributed by atoms with Crippen molar-refractivity contribution >= 4 is 23.5 Å². The SMILES string of the molecule is O=C(O)CCC(=O)N(C1CCC1)[C@H]1c2ccccc2N(C(=O)C2CC2c2ccccc2)[C@@H]2CCC[C@@H]21. The molecule has 6 heteroatoms. The van der Waals surface area contributed by atoms with E-state index in [0.29, 0.717) is 0 Å². The number of carbonyl (C=O) groups excluding carboxylic acids is 2. The molecule has 1 N–H and O–H groups in total. The molecule has 0 radical (unpaired) electrons. The van der Waals surface area contributed by atoms with Crippen molar-refractivity contribution in [1.29, 1.82) is 0 Å². The number of carbonyl (C=O) groups is 3. The van der Waals surface area contributed by atoms with Gasteiger partial charge in [0.15, 0.2) is 0 Å². The Morgan fingerprint density at radius 2 is 1.61 bits per heavy atom. The number of hydrogen-bond acceptors (Lipinski definition) is 3. The van der Waals surface area contributed by atoms with Crippen molar-refractivity contribution in [3.05, 3.63) is 65.7 Å². The van der Waals surface area contributed by atoms with Crippen LogP contribution in [0, 0.1) is 11.8 Å². The normalized spacial score (nSPS) is 28.6. The molecule has 2 aromatic rings. The summed E-state index contributed by atoms with van der Waals surface area (Å²) < 4.78 is 0. The van der Waals surface area contributed by atoms with Gasteiger partial charge < -0.3 is 14.9 Å². The van der Waals surface area contributed by atoms with Crippen LogP contribution in [-0.4, -0.2) is 39.9 Å². The molecular formula is C30H34N2O4. The van der Waals surface area contributed by atoms with Crippen molar-refractivity contribution in [1.82, 2.24) is 4.90 Å². The van der Waals surface area contributed by atoms with Crippen LogP contribution in [0.15, 0.2) is 54.6 Å². The van der Waals surface area contributed by atoms with Crippen LogP contribution in [0.4, 0.5) is 5.69 Å². The molecule has 6 rings (SSSR count). The van der Waals surface area contributed by atoms with Crippen LogP contribution in [0.1, 0.15) is 80.9 Å². The van der Waals surface area contributed by atoms with Gasteiger partial charge in [0.05, 0.1) is 12.5 Å². The molecule has 1 aliphatic heterocycles. The number of benzene rings is 2. The van der Waals surface area contributed by atoms with Crippen molar-refractivity contribution in [2.24, 2.45) is 11.8 Å². The van der Waals surface area contributed by atoms with Gasteiger partial charge in [-0.15, -0.1) is 0 Å². The van der Waals surface area contributed by atoms with Gasteiger partial charge >= 0.3 is 5.97 Å². The van der Waals surface area contributed by atoms with Crippen molar-refractivity contribution < 1.29 is 19.5 Å². The highest BCUT2D eigenvalue weighted by Gasteiger charge is 2.54. The minimum absolute atomic E-state index is 0.0122. The number of hydrogen-bond donors (Lipinski definition) is 1. The predicted molar refractivity (Wildman–Crippen MR) is 136 cm³/mol. The number of nitrogens with zero attached hydrogens (tertiary/aromatic N) is 2. The molecular weight excluding hydrogens is 452 g/mol. The average Bonchev–Trinajstić information content (AvgIpc) is 3.53. The van der Waals surface area contributed by atoms with E-state index in [9.17, 15) is 19.5 Å². The van der Waals surface area contributed by atoms with Gasteiger partial charge in [-0.3, -0.25) is 14.4 Å². The summed E-state index contributed by atoms with van der Waals surface area (Å²) in [6, 6.07) is 18.6. The van der Waals surface area contributed by atoms with E-state index in [1.54, 1.807) is 0 Å². The first kappa shape index (κ1) is 23.3. The Kier molecular flexibility index (Phi) is 6.06. The Morgan fingerprint density at radius 1 is 0.889 bits per heavy atom. The zero-order valence-corrected chi connectivity index (χ0v) is 20.6. The van der Waals surface area contributed by atoms with Crippen LogP contribution in [0.25, 0.3) is 0 Å². The molecule has 1 heterocycles. The summed E-state index contributed by atoms with van der Waals surface area (Å²) in [5.74, 6) is -0.288. The summed E-state index contributed by atoms with van der Waals surface area (Å²) in [6.45, 7) is 0. The van der Waals surface area contributed by atoms with Gasteiger partial charge in [-0.25, -0.2) is 0 Å². The lowest BCUT2D eigenvalue weighted by atomic mass is 9.78. The Labute approximate surface area is 212 Å². The van der Waals surface area contributed by atoms with Crippen LogP contribution in [0.2, 0.25) is 0 Å². The minimum atomic E-state index is -0.936. The molecule has 0 bridgehead atoms. The monoisotopic (exact) mass is 486 g/mol. The summed E-state index contributed by atoms with van der Waals surface area (Å²) in [5.41, 5.74) is 3.24. The summed E-state index contributed by atoms with van der Waals surface area (Å²) in [5, 5.41) is 9.21. The van der Waals surface area contributed by atoms with Gasteiger partial charge in [-0.1, -0.05) is 55.0 Å². The van der Waals surface area contributed by atoms with E-state index in [4.69, 9.17) is 0 Å². The second kappa shape index (κ2) is 9.38. The number of aliphatic carboxylic acids is 1. The van der Waals surface area contributed by atoms with Crippen LogP contribution in [-0.2, 0) is 14.4 Å². The zero-order valence-electron chi connectivity index (χ0n) is 20.6. The maximum atomic E-state index is 14.0. The lowest BCUT2D eigenvalue weighted by Crippen LogP contribution is -2.56. The molecule has 0 saturated heterocycles. The second-order valence-corrected chi connectivity index (χ2v) is 11.0. The average molecular weight is 487 g/mol. The summed E-state index contributed by atoms with van der Waals surface area (Å²) in [4.78, 5) is 42.9. The molecule has 36 heavy (non-hydrogen) atoms. The predicted octanol–water partition coefficient (Wildman–Crippen LogP) is 5.29. The minimum Gasteiger partial charge on any atom is -0.481 e. The molecule has 0 aromatic heterocycles. The summed E-state index contributed by atoms with van der Waals surface area (Å²) >= 11 is 0. The third-order valence-corrected chi connectivity index (χ3v) is 8.96. The number of rotatable bonds is 7. The standard InChI is InChI=1S/C30H34N2O4/c33-27(16-17-28(34)35)31(20-10-6-11-20)29-21-12-4-5-14-25(21)32(26-15-7-13-22(26)29)30(36)24-18-23(24)19-8-2-1-3-9-19/h1-5,8-9,12,14,20,22-24,26,29H,6-7,10-11,13,15-18H2,(H,34,35)/t22-,23?,24?,26+,29-/m0/s1. The van der Waals surface area contributed by atoms with E-state index in [1.807, 2.05) is 35.2 Å². The molecule has 2 amide bonds. The lowest BCUT2D eigenvalue weighted by Gasteiger charge is -2.51. The van der Waals surface area contributed by atoms with E-state index in [1.165, 1.54) is 5.56 Å². The highest BCUT2D eigenvalue weighted by molar-refractivity contribution is 5.99. The van der Waals surface area contributed by atoms with Crippen LogP contribution in [0.5, 0.6) is 0 Å². The van der Waals surface area contributed by atoms with Gasteiger partial charge in [-0.05, 0) is 61.6 Å². The third kappa shape index (κ3) is 4.00. The van der Waals surface area contributed by atoms with Crippen molar-refractivity contribution in [2.75, 3.05) is 4.90 Å². The van der Waals surface area contributed by atoms with E-state index < -0.39 is 5.97 Å². The van der Waals surface area contributed by atoms with E-state index >= 15 is 0 Å². The van der Waals surface area contributed by atoms with Crippen molar-refractivity contribution in [3.8, 4) is 0 Å². The Bertz CT molecular complexity index is 1160. The molecule has 6 nitrogen and oxygen atoms in total. The molecule has 2 aromatic carbocycles. The molecule has 188 valence electrons. The Hall–Kier alpha value is -3.15. The molecule has 3 fully saturated rings. The molecule has 5 atom stereocenters. The topological polar surface area (TPSA) is 77.9 Å². The highest BCUT2D eigenvalue weighted by atomic mass is 16.4. The Morgan fingerprint density at radius 3 is 2.33 bits per heavy atom. The quantitative estimate of drug-likeness (QED) is 0.577. The van der Waals surface area contributed by atoms with Crippen LogP contribution in [0.3, 0.4) is 0 Å². The van der Waals surface area contributed by atoms with E-state index in [2.05, 4.69) is 29.2 Å².